The van der Waals surface area contributed by atoms with E-state index in [0.717, 1.165) is 18.5 Å². The SMILES string of the molecule is O=C(NCC1CCN(CC(=C2CC2)N2CCC(F)(F)CC2)CC1)c1cc(C(F)(F)F)cc(C(F)(F)F)c1. The molecule has 1 amide bonds. The first kappa shape index (κ1) is 27.7. The van der Waals surface area contributed by atoms with Crippen molar-refractivity contribution in [3.05, 3.63) is 46.2 Å². The van der Waals surface area contributed by atoms with Gasteiger partial charge < -0.3 is 10.2 Å². The van der Waals surface area contributed by atoms with Crippen LogP contribution in [0.5, 0.6) is 0 Å². The second-order valence-electron chi connectivity index (χ2n) is 10.1. The van der Waals surface area contributed by atoms with Crippen molar-refractivity contribution < 1.29 is 39.9 Å². The Bertz CT molecular complexity index is 977. The Hall–Kier alpha value is -2.37. The molecular weight excluding hydrogens is 510 g/mol. The van der Waals surface area contributed by atoms with Gasteiger partial charge in [0, 0.05) is 50.3 Å². The van der Waals surface area contributed by atoms with Crippen LogP contribution in [-0.2, 0) is 12.4 Å². The minimum atomic E-state index is -5.02. The summed E-state index contributed by atoms with van der Waals surface area (Å²) < 4.78 is 106. The number of rotatable bonds is 6. The lowest BCUT2D eigenvalue weighted by molar-refractivity contribution is -0.143. The molecule has 4 rings (SSSR count). The third kappa shape index (κ3) is 7.36. The van der Waals surface area contributed by atoms with Gasteiger partial charge in [-0.05, 0) is 68.5 Å². The highest BCUT2D eigenvalue weighted by Gasteiger charge is 2.38. The summed E-state index contributed by atoms with van der Waals surface area (Å²) in [4.78, 5) is 16.7. The van der Waals surface area contributed by atoms with Crippen LogP contribution in [0.3, 0.4) is 0 Å². The number of likely N-dealkylation sites (tertiary alicyclic amines) is 2. The fourth-order valence-corrected chi connectivity index (χ4v) is 4.88. The van der Waals surface area contributed by atoms with Gasteiger partial charge in [0.05, 0.1) is 11.1 Å². The van der Waals surface area contributed by atoms with Crippen LogP contribution in [0, 0.1) is 5.92 Å². The molecule has 12 heteroatoms. The minimum Gasteiger partial charge on any atom is -0.373 e. The maximum Gasteiger partial charge on any atom is 0.416 e. The van der Waals surface area contributed by atoms with Crippen molar-refractivity contribution in [1.82, 2.24) is 15.1 Å². The number of nitrogens with zero attached hydrogens (tertiary/aromatic N) is 2. The first-order valence-electron chi connectivity index (χ1n) is 12.3. The van der Waals surface area contributed by atoms with Gasteiger partial charge in [-0.3, -0.25) is 9.69 Å². The third-order valence-corrected chi connectivity index (χ3v) is 7.27. The Labute approximate surface area is 209 Å². The smallest absolute Gasteiger partial charge is 0.373 e. The van der Waals surface area contributed by atoms with E-state index in [-0.39, 0.29) is 31.4 Å². The van der Waals surface area contributed by atoms with Crippen LogP contribution < -0.4 is 5.32 Å². The lowest BCUT2D eigenvalue weighted by Gasteiger charge is -2.39. The molecule has 3 fully saturated rings. The second kappa shape index (κ2) is 10.4. The van der Waals surface area contributed by atoms with Crippen molar-refractivity contribution in [2.24, 2.45) is 5.92 Å². The van der Waals surface area contributed by atoms with Crippen LogP contribution in [-0.4, -0.2) is 60.9 Å². The molecule has 206 valence electrons. The van der Waals surface area contributed by atoms with Gasteiger partial charge in [0.2, 0.25) is 0 Å². The summed E-state index contributed by atoms with van der Waals surface area (Å²) in [5, 5.41) is 2.49. The number of benzene rings is 1. The summed E-state index contributed by atoms with van der Waals surface area (Å²) in [6.45, 7) is 2.87. The predicted molar refractivity (Wildman–Crippen MR) is 120 cm³/mol. The van der Waals surface area contributed by atoms with Gasteiger partial charge >= 0.3 is 12.4 Å². The lowest BCUT2D eigenvalue weighted by Crippen LogP contribution is -2.44. The van der Waals surface area contributed by atoms with Crippen molar-refractivity contribution in [3.8, 4) is 0 Å². The highest BCUT2D eigenvalue weighted by molar-refractivity contribution is 5.94. The summed E-state index contributed by atoms with van der Waals surface area (Å²) in [5.41, 5.74) is -1.31. The van der Waals surface area contributed by atoms with E-state index in [2.05, 4.69) is 15.1 Å². The van der Waals surface area contributed by atoms with E-state index in [4.69, 9.17) is 0 Å². The average Bonchev–Trinajstić information content (AvgIpc) is 3.66. The molecule has 1 saturated carbocycles. The molecule has 0 bridgehead atoms. The zero-order chi connectivity index (χ0) is 27.0. The Morgan fingerprint density at radius 3 is 1.92 bits per heavy atom. The predicted octanol–water partition coefficient (Wildman–Crippen LogP) is 5.95. The zero-order valence-corrected chi connectivity index (χ0v) is 20.1. The molecule has 0 spiro atoms. The van der Waals surface area contributed by atoms with Gasteiger partial charge in [-0.1, -0.05) is 0 Å². The van der Waals surface area contributed by atoms with E-state index in [1.165, 1.54) is 5.57 Å². The Morgan fingerprint density at radius 2 is 1.43 bits per heavy atom. The van der Waals surface area contributed by atoms with Gasteiger partial charge in [0.25, 0.3) is 11.8 Å². The number of halogens is 8. The molecular formula is C25H29F8N3O. The number of allylic oxidation sites excluding steroid dienone is 1. The molecule has 0 unspecified atom stereocenters. The summed E-state index contributed by atoms with van der Waals surface area (Å²) in [7, 11) is 0. The number of carbonyl (C=O) groups excluding carboxylic acids is 1. The average molecular weight is 540 g/mol. The highest BCUT2D eigenvalue weighted by atomic mass is 19.4. The molecule has 4 nitrogen and oxygen atoms in total. The molecule has 2 saturated heterocycles. The molecule has 3 aliphatic rings. The van der Waals surface area contributed by atoms with Gasteiger partial charge in [-0.15, -0.1) is 0 Å². The standard InChI is InChI=1S/C25H29F8N3O/c26-23(27)5-9-36(10-6-23)21(17-1-2-17)15-35-7-3-16(4-8-35)14-34-22(37)18-11-19(24(28,29)30)13-20(12-18)25(31,32)33/h11-13,16H,1-10,14-15H2,(H,34,37). The summed E-state index contributed by atoms with van der Waals surface area (Å²) in [6, 6.07) is 0.847. The number of piperidine rings is 2. The van der Waals surface area contributed by atoms with E-state index in [1.54, 1.807) is 0 Å². The Morgan fingerprint density at radius 1 is 0.892 bits per heavy atom. The number of nitrogens with one attached hydrogen (secondary N) is 1. The summed E-state index contributed by atoms with van der Waals surface area (Å²) in [5.74, 6) is -3.57. The van der Waals surface area contributed by atoms with Crippen molar-refractivity contribution >= 4 is 5.91 Å². The highest BCUT2D eigenvalue weighted by Crippen LogP contribution is 2.38. The molecule has 0 atom stereocenters. The first-order valence-corrected chi connectivity index (χ1v) is 12.3. The fourth-order valence-electron chi connectivity index (χ4n) is 4.88. The normalized spacial score (nSPS) is 21.2. The van der Waals surface area contributed by atoms with Gasteiger partial charge in [-0.25, -0.2) is 8.78 Å². The van der Waals surface area contributed by atoms with E-state index in [0.29, 0.717) is 57.7 Å². The van der Waals surface area contributed by atoms with Gasteiger partial charge in [0.1, 0.15) is 0 Å². The van der Waals surface area contributed by atoms with E-state index >= 15 is 0 Å². The minimum absolute atomic E-state index is 0.00681. The Kier molecular flexibility index (Phi) is 7.79. The van der Waals surface area contributed by atoms with E-state index in [1.807, 2.05) is 0 Å². The van der Waals surface area contributed by atoms with Gasteiger partial charge in [-0.2, -0.15) is 26.3 Å². The van der Waals surface area contributed by atoms with E-state index < -0.39 is 40.9 Å². The van der Waals surface area contributed by atoms with Gasteiger partial charge in [0.15, 0.2) is 0 Å². The molecule has 1 aliphatic carbocycles. The largest absolute Gasteiger partial charge is 0.416 e. The summed E-state index contributed by atoms with van der Waals surface area (Å²) in [6.07, 6.45) is -7.00. The molecule has 0 radical (unpaired) electrons. The molecule has 0 aromatic heterocycles. The number of hydrogen-bond acceptors (Lipinski definition) is 3. The maximum absolute atomic E-state index is 13.6. The monoisotopic (exact) mass is 539 g/mol. The van der Waals surface area contributed by atoms with Crippen molar-refractivity contribution in [2.75, 3.05) is 39.3 Å². The van der Waals surface area contributed by atoms with Crippen molar-refractivity contribution in [2.45, 2.75) is 56.8 Å². The van der Waals surface area contributed by atoms with Crippen LogP contribution in [0.2, 0.25) is 0 Å². The first-order chi connectivity index (χ1) is 17.2. The molecule has 37 heavy (non-hydrogen) atoms. The maximum atomic E-state index is 13.6. The van der Waals surface area contributed by atoms with Crippen LogP contribution in [0.1, 0.15) is 60.0 Å². The third-order valence-electron chi connectivity index (χ3n) is 7.27. The Balaban J connectivity index is 1.29. The molecule has 2 aliphatic heterocycles. The number of carbonyl (C=O) groups is 1. The van der Waals surface area contributed by atoms with Crippen LogP contribution >= 0.6 is 0 Å². The second-order valence-corrected chi connectivity index (χ2v) is 10.1. The molecule has 1 N–H and O–H groups in total. The van der Waals surface area contributed by atoms with Crippen molar-refractivity contribution in [1.29, 1.82) is 0 Å². The van der Waals surface area contributed by atoms with Crippen LogP contribution in [0.25, 0.3) is 0 Å². The topological polar surface area (TPSA) is 35.6 Å². The number of alkyl halides is 8. The van der Waals surface area contributed by atoms with Crippen LogP contribution in [0.15, 0.2) is 29.5 Å². The molecule has 1 aromatic carbocycles. The lowest BCUT2D eigenvalue weighted by atomic mass is 9.96. The number of amides is 1. The molecule has 2 heterocycles. The quantitative estimate of drug-likeness (QED) is 0.455. The van der Waals surface area contributed by atoms with E-state index in [9.17, 15) is 39.9 Å². The number of hydrogen-bond donors (Lipinski definition) is 1. The summed E-state index contributed by atoms with van der Waals surface area (Å²) >= 11 is 0. The van der Waals surface area contributed by atoms with Crippen LogP contribution in [0.4, 0.5) is 35.1 Å². The molecule has 1 aromatic rings. The van der Waals surface area contributed by atoms with Crippen molar-refractivity contribution in [3.63, 3.8) is 0 Å². The zero-order valence-electron chi connectivity index (χ0n) is 20.1. The fraction of sp³-hybridized carbons (Fsp3) is 0.640.